The van der Waals surface area contributed by atoms with Crippen LogP contribution < -0.4 is 10.5 Å². The number of nitrogens with zero attached hydrogens (tertiary/aromatic N) is 1. The molecule has 4 heteroatoms. The molecule has 1 fully saturated rings. The van der Waals surface area contributed by atoms with Crippen LogP contribution >= 0.6 is 15.9 Å². The van der Waals surface area contributed by atoms with Crippen molar-refractivity contribution in [1.29, 1.82) is 0 Å². The van der Waals surface area contributed by atoms with Gasteiger partial charge in [0.2, 0.25) is 5.88 Å². The Morgan fingerprint density at radius 3 is 2.77 bits per heavy atom. The third-order valence-corrected chi connectivity index (χ3v) is 2.59. The van der Waals surface area contributed by atoms with Crippen molar-refractivity contribution in [2.24, 2.45) is 5.73 Å². The number of halogens is 1. The number of nitrogens with two attached hydrogens (primary N) is 1. The second kappa shape index (κ2) is 3.64. The Kier molecular flexibility index (Phi) is 2.51. The summed E-state index contributed by atoms with van der Waals surface area (Å²) >= 11 is 3.31. The van der Waals surface area contributed by atoms with E-state index in [0.29, 0.717) is 11.9 Å². The molecule has 0 bridgehead atoms. The molecule has 0 saturated heterocycles. The summed E-state index contributed by atoms with van der Waals surface area (Å²) in [6, 6.07) is 4.09. The lowest BCUT2D eigenvalue weighted by Gasteiger charge is -2.31. The smallest absolute Gasteiger partial charge is 0.213 e. The largest absolute Gasteiger partial charge is 0.474 e. The van der Waals surface area contributed by atoms with E-state index in [1.165, 1.54) is 0 Å². The Morgan fingerprint density at radius 2 is 2.23 bits per heavy atom. The normalized spacial score (nSPS) is 26.6. The number of aromatic nitrogens is 1. The summed E-state index contributed by atoms with van der Waals surface area (Å²) in [6.45, 7) is 0. The average molecular weight is 243 g/mol. The molecule has 0 spiro atoms. The Morgan fingerprint density at radius 1 is 1.46 bits per heavy atom. The van der Waals surface area contributed by atoms with Crippen molar-refractivity contribution in [2.45, 2.75) is 25.0 Å². The lowest BCUT2D eigenvalue weighted by Crippen LogP contribution is -2.43. The zero-order chi connectivity index (χ0) is 9.26. The van der Waals surface area contributed by atoms with Gasteiger partial charge in [-0.1, -0.05) is 0 Å². The van der Waals surface area contributed by atoms with Crippen molar-refractivity contribution < 1.29 is 4.74 Å². The molecule has 1 aromatic rings. The zero-order valence-corrected chi connectivity index (χ0v) is 8.70. The van der Waals surface area contributed by atoms with Gasteiger partial charge in [-0.15, -0.1) is 0 Å². The van der Waals surface area contributed by atoms with Gasteiger partial charge in [-0.05, 0) is 34.8 Å². The molecule has 0 amide bonds. The second-order valence-electron chi connectivity index (χ2n) is 3.29. The third kappa shape index (κ3) is 2.19. The maximum Gasteiger partial charge on any atom is 0.213 e. The van der Waals surface area contributed by atoms with Crippen LogP contribution in [0.2, 0.25) is 0 Å². The number of hydrogen-bond acceptors (Lipinski definition) is 3. The predicted octanol–water partition coefficient (Wildman–Crippen LogP) is 1.71. The summed E-state index contributed by atoms with van der Waals surface area (Å²) in [7, 11) is 0. The molecule has 0 aromatic carbocycles. The molecule has 0 unspecified atom stereocenters. The van der Waals surface area contributed by atoms with Crippen LogP contribution in [-0.4, -0.2) is 17.1 Å². The highest BCUT2D eigenvalue weighted by molar-refractivity contribution is 9.10. The topological polar surface area (TPSA) is 48.1 Å². The van der Waals surface area contributed by atoms with Gasteiger partial charge in [0.1, 0.15) is 6.10 Å². The van der Waals surface area contributed by atoms with Crippen LogP contribution in [0.25, 0.3) is 0 Å². The van der Waals surface area contributed by atoms with Crippen molar-refractivity contribution in [3.05, 3.63) is 22.8 Å². The van der Waals surface area contributed by atoms with Crippen LogP contribution in [0.4, 0.5) is 0 Å². The lowest BCUT2D eigenvalue weighted by molar-refractivity contribution is 0.0958. The van der Waals surface area contributed by atoms with Gasteiger partial charge in [0.05, 0.1) is 0 Å². The standard InChI is InChI=1S/C9H11BrN2O/c10-6-1-2-9(12-5-6)13-8-3-7(11)4-8/h1-2,5,7-8H,3-4,11H2. The summed E-state index contributed by atoms with van der Waals surface area (Å²) in [4.78, 5) is 4.12. The van der Waals surface area contributed by atoms with Crippen LogP contribution in [-0.2, 0) is 0 Å². The van der Waals surface area contributed by atoms with Gasteiger partial charge in [-0.2, -0.15) is 0 Å². The van der Waals surface area contributed by atoms with Crippen molar-refractivity contribution in [3.8, 4) is 5.88 Å². The first-order valence-corrected chi connectivity index (χ1v) is 5.07. The first-order valence-electron chi connectivity index (χ1n) is 4.28. The quantitative estimate of drug-likeness (QED) is 0.860. The Bertz CT molecular complexity index is 282. The second-order valence-corrected chi connectivity index (χ2v) is 4.20. The molecule has 1 aliphatic rings. The van der Waals surface area contributed by atoms with Crippen LogP contribution in [0.15, 0.2) is 22.8 Å². The molecule has 1 aliphatic carbocycles. The molecule has 2 N–H and O–H groups in total. The van der Waals surface area contributed by atoms with Gasteiger partial charge in [0.15, 0.2) is 0 Å². The Labute approximate surface area is 85.4 Å². The first-order chi connectivity index (χ1) is 6.24. The molecule has 1 aromatic heterocycles. The van der Waals surface area contributed by atoms with Crippen molar-refractivity contribution in [2.75, 3.05) is 0 Å². The first kappa shape index (κ1) is 8.97. The molecule has 13 heavy (non-hydrogen) atoms. The van der Waals surface area contributed by atoms with E-state index in [0.717, 1.165) is 17.3 Å². The van der Waals surface area contributed by atoms with Crippen LogP contribution in [0, 0.1) is 0 Å². The van der Waals surface area contributed by atoms with E-state index in [9.17, 15) is 0 Å². The molecule has 2 rings (SSSR count). The number of ether oxygens (including phenoxy) is 1. The van der Waals surface area contributed by atoms with Crippen molar-refractivity contribution in [1.82, 2.24) is 4.98 Å². The van der Waals surface area contributed by atoms with E-state index >= 15 is 0 Å². The summed E-state index contributed by atoms with van der Waals surface area (Å²) in [6.07, 6.45) is 3.88. The van der Waals surface area contributed by atoms with E-state index < -0.39 is 0 Å². The minimum absolute atomic E-state index is 0.267. The van der Waals surface area contributed by atoms with Gasteiger partial charge >= 0.3 is 0 Å². The van der Waals surface area contributed by atoms with E-state index in [1.54, 1.807) is 6.20 Å². The van der Waals surface area contributed by atoms with Gasteiger partial charge in [-0.25, -0.2) is 4.98 Å². The highest BCUT2D eigenvalue weighted by Crippen LogP contribution is 2.23. The molecule has 3 nitrogen and oxygen atoms in total. The summed E-state index contributed by atoms with van der Waals surface area (Å²) in [5.41, 5.74) is 5.64. The zero-order valence-electron chi connectivity index (χ0n) is 7.11. The SMILES string of the molecule is NC1CC(Oc2ccc(Br)cn2)C1. The minimum Gasteiger partial charge on any atom is -0.474 e. The van der Waals surface area contributed by atoms with Crippen molar-refractivity contribution in [3.63, 3.8) is 0 Å². The molecule has 0 aliphatic heterocycles. The van der Waals surface area contributed by atoms with E-state index in [2.05, 4.69) is 20.9 Å². The van der Waals surface area contributed by atoms with Crippen LogP contribution in [0.5, 0.6) is 5.88 Å². The van der Waals surface area contributed by atoms with Crippen molar-refractivity contribution >= 4 is 15.9 Å². The summed E-state index contributed by atoms with van der Waals surface area (Å²) in [5.74, 6) is 0.681. The molecule has 0 radical (unpaired) electrons. The van der Waals surface area contributed by atoms with Gasteiger partial charge in [0.25, 0.3) is 0 Å². The van der Waals surface area contributed by atoms with Crippen LogP contribution in [0.3, 0.4) is 0 Å². The Hall–Kier alpha value is -0.610. The fraction of sp³-hybridized carbons (Fsp3) is 0.444. The van der Waals surface area contributed by atoms with Gasteiger partial charge in [-0.3, -0.25) is 0 Å². The molecule has 1 saturated carbocycles. The van der Waals surface area contributed by atoms with E-state index in [-0.39, 0.29) is 6.10 Å². The van der Waals surface area contributed by atoms with Gasteiger partial charge < -0.3 is 10.5 Å². The number of pyridine rings is 1. The highest BCUT2D eigenvalue weighted by Gasteiger charge is 2.27. The minimum atomic E-state index is 0.267. The average Bonchev–Trinajstić information content (AvgIpc) is 2.06. The number of rotatable bonds is 2. The predicted molar refractivity (Wildman–Crippen MR) is 53.6 cm³/mol. The maximum absolute atomic E-state index is 5.64. The summed E-state index contributed by atoms with van der Waals surface area (Å²) < 4.78 is 6.53. The van der Waals surface area contributed by atoms with E-state index in [4.69, 9.17) is 10.5 Å². The molecule has 70 valence electrons. The molecular formula is C9H11BrN2O. The number of hydrogen-bond donors (Lipinski definition) is 1. The molecule has 0 atom stereocenters. The molecule has 1 heterocycles. The van der Waals surface area contributed by atoms with Crippen LogP contribution in [0.1, 0.15) is 12.8 Å². The third-order valence-electron chi connectivity index (χ3n) is 2.12. The highest BCUT2D eigenvalue weighted by atomic mass is 79.9. The lowest BCUT2D eigenvalue weighted by atomic mass is 9.90. The monoisotopic (exact) mass is 242 g/mol. The maximum atomic E-state index is 5.64. The molecular weight excluding hydrogens is 232 g/mol. The Balaban J connectivity index is 1.91. The van der Waals surface area contributed by atoms with E-state index in [1.807, 2.05) is 12.1 Å². The fourth-order valence-electron chi connectivity index (χ4n) is 1.31. The van der Waals surface area contributed by atoms with Gasteiger partial charge in [0, 0.05) is 22.8 Å². The fourth-order valence-corrected chi connectivity index (χ4v) is 1.54. The summed E-state index contributed by atoms with van der Waals surface area (Å²) in [5, 5.41) is 0.